The monoisotopic (exact) mass is 143 g/mol. The first-order valence-electron chi connectivity index (χ1n) is 3.24. The smallest absolute Gasteiger partial charge is 0.225 e. The van der Waals surface area contributed by atoms with Crippen molar-refractivity contribution in [3.8, 4) is 11.5 Å². The van der Waals surface area contributed by atoms with Crippen molar-refractivity contribution in [1.82, 2.24) is 4.98 Å². The van der Waals surface area contributed by atoms with Crippen molar-refractivity contribution in [2.45, 2.75) is 0 Å². The molecular formula is C9H5NO. The van der Waals surface area contributed by atoms with Gasteiger partial charge in [0.15, 0.2) is 0 Å². The summed E-state index contributed by atoms with van der Waals surface area (Å²) in [5.41, 5.74) is 0.900. The number of aromatic nitrogens is 1. The fourth-order valence-electron chi connectivity index (χ4n) is 0.842. The van der Waals surface area contributed by atoms with Gasteiger partial charge in [0.25, 0.3) is 0 Å². The van der Waals surface area contributed by atoms with E-state index < -0.39 is 0 Å². The minimum absolute atomic E-state index is 0.609. The Balaban J connectivity index is 2.46. The SMILES string of the molecule is [c]1c[c]cc(-c2ncco2)c1. The van der Waals surface area contributed by atoms with Crippen LogP contribution in [-0.2, 0) is 0 Å². The predicted molar refractivity (Wildman–Crippen MR) is 39.6 cm³/mol. The second-order valence-corrected chi connectivity index (χ2v) is 2.06. The van der Waals surface area contributed by atoms with Crippen LogP contribution in [0.4, 0.5) is 0 Å². The van der Waals surface area contributed by atoms with Gasteiger partial charge in [-0.25, -0.2) is 4.98 Å². The number of hydrogen-bond donors (Lipinski definition) is 0. The zero-order valence-electron chi connectivity index (χ0n) is 5.74. The van der Waals surface area contributed by atoms with Crippen LogP contribution < -0.4 is 0 Å². The highest BCUT2D eigenvalue weighted by atomic mass is 16.3. The summed E-state index contributed by atoms with van der Waals surface area (Å²) in [7, 11) is 0. The molecule has 2 radical (unpaired) electrons. The van der Waals surface area contributed by atoms with Crippen LogP contribution in [0.5, 0.6) is 0 Å². The van der Waals surface area contributed by atoms with Crippen LogP contribution in [0.2, 0.25) is 0 Å². The first-order valence-corrected chi connectivity index (χ1v) is 3.24. The minimum Gasteiger partial charge on any atom is -0.445 e. The number of nitrogens with zero attached hydrogens (tertiary/aromatic N) is 1. The van der Waals surface area contributed by atoms with E-state index in [1.54, 1.807) is 18.5 Å². The summed E-state index contributed by atoms with van der Waals surface area (Å²) in [5.74, 6) is 0.609. The normalized spacial score (nSPS) is 9.82. The molecule has 0 saturated heterocycles. The van der Waals surface area contributed by atoms with Crippen molar-refractivity contribution in [1.29, 1.82) is 0 Å². The quantitative estimate of drug-likeness (QED) is 0.609. The van der Waals surface area contributed by atoms with E-state index in [0.717, 1.165) is 5.56 Å². The number of benzene rings is 1. The van der Waals surface area contributed by atoms with Crippen molar-refractivity contribution in [2.24, 2.45) is 0 Å². The van der Waals surface area contributed by atoms with Gasteiger partial charge in [-0.2, -0.15) is 0 Å². The summed E-state index contributed by atoms with van der Waals surface area (Å²) in [6, 6.07) is 11.1. The van der Waals surface area contributed by atoms with Gasteiger partial charge in [-0.1, -0.05) is 0 Å². The molecule has 0 bridgehead atoms. The van der Waals surface area contributed by atoms with E-state index >= 15 is 0 Å². The van der Waals surface area contributed by atoms with E-state index in [9.17, 15) is 0 Å². The summed E-state index contributed by atoms with van der Waals surface area (Å²) >= 11 is 0. The Morgan fingerprint density at radius 2 is 2.09 bits per heavy atom. The van der Waals surface area contributed by atoms with Crippen LogP contribution >= 0.6 is 0 Å². The molecule has 0 aliphatic heterocycles. The summed E-state index contributed by atoms with van der Waals surface area (Å²) in [5, 5.41) is 0. The van der Waals surface area contributed by atoms with Crippen molar-refractivity contribution in [2.75, 3.05) is 0 Å². The van der Waals surface area contributed by atoms with Gasteiger partial charge >= 0.3 is 0 Å². The van der Waals surface area contributed by atoms with Crippen molar-refractivity contribution in [3.05, 3.63) is 42.8 Å². The second-order valence-electron chi connectivity index (χ2n) is 2.06. The van der Waals surface area contributed by atoms with Crippen LogP contribution in [-0.4, -0.2) is 4.98 Å². The standard InChI is InChI=1S/C9H5NO/c1-2-4-8(5-3-1)9-10-6-7-11-9/h1,4-7H. The molecule has 0 N–H and O–H groups in total. The fraction of sp³-hybridized carbons (Fsp3) is 0. The molecule has 2 rings (SSSR count). The molecule has 0 aliphatic carbocycles. The van der Waals surface area contributed by atoms with Crippen molar-refractivity contribution < 1.29 is 4.42 Å². The summed E-state index contributed by atoms with van der Waals surface area (Å²) in [4.78, 5) is 3.98. The molecule has 0 fully saturated rings. The van der Waals surface area contributed by atoms with Crippen LogP contribution in [0.25, 0.3) is 11.5 Å². The Kier molecular flexibility index (Phi) is 1.44. The Hall–Kier alpha value is -1.57. The Bertz CT molecular complexity index is 313. The van der Waals surface area contributed by atoms with Crippen LogP contribution in [0.15, 0.2) is 35.1 Å². The first kappa shape index (κ1) is 6.16. The van der Waals surface area contributed by atoms with E-state index in [4.69, 9.17) is 4.42 Å². The largest absolute Gasteiger partial charge is 0.445 e. The molecule has 0 atom stereocenters. The Morgan fingerprint density at radius 1 is 1.27 bits per heavy atom. The highest BCUT2D eigenvalue weighted by molar-refractivity contribution is 5.51. The number of hydrogen-bond acceptors (Lipinski definition) is 2. The lowest BCUT2D eigenvalue weighted by atomic mass is 10.2. The third kappa shape index (κ3) is 1.15. The van der Waals surface area contributed by atoms with Crippen LogP contribution in [0, 0.1) is 12.1 Å². The van der Waals surface area contributed by atoms with E-state index in [2.05, 4.69) is 17.1 Å². The van der Waals surface area contributed by atoms with Gasteiger partial charge < -0.3 is 4.42 Å². The molecular weight excluding hydrogens is 138 g/mol. The molecule has 0 amide bonds. The topological polar surface area (TPSA) is 26.0 Å². The van der Waals surface area contributed by atoms with E-state index in [-0.39, 0.29) is 0 Å². The molecule has 1 heterocycles. The molecule has 0 saturated carbocycles. The predicted octanol–water partition coefficient (Wildman–Crippen LogP) is 1.94. The maximum absolute atomic E-state index is 5.07. The molecule has 0 aliphatic rings. The number of oxazole rings is 1. The van der Waals surface area contributed by atoms with Gasteiger partial charge in [0, 0.05) is 5.56 Å². The molecule has 1 aromatic heterocycles. The highest BCUT2D eigenvalue weighted by Gasteiger charge is 1.98. The van der Waals surface area contributed by atoms with E-state index in [1.807, 2.05) is 12.1 Å². The third-order valence-electron chi connectivity index (χ3n) is 1.32. The van der Waals surface area contributed by atoms with Gasteiger partial charge in [0.1, 0.15) is 6.26 Å². The van der Waals surface area contributed by atoms with Gasteiger partial charge in [0.2, 0.25) is 5.89 Å². The third-order valence-corrected chi connectivity index (χ3v) is 1.32. The first-order chi connectivity index (χ1) is 5.47. The molecule has 2 heteroatoms. The zero-order chi connectivity index (χ0) is 7.52. The average molecular weight is 143 g/mol. The van der Waals surface area contributed by atoms with Gasteiger partial charge in [-0.3, -0.25) is 0 Å². The molecule has 0 spiro atoms. The maximum Gasteiger partial charge on any atom is 0.225 e. The zero-order valence-corrected chi connectivity index (χ0v) is 5.74. The lowest BCUT2D eigenvalue weighted by molar-refractivity contribution is 0.574. The minimum atomic E-state index is 0.609. The second kappa shape index (κ2) is 2.58. The average Bonchev–Trinajstić information content (AvgIpc) is 2.58. The van der Waals surface area contributed by atoms with Crippen LogP contribution in [0.1, 0.15) is 0 Å². The summed E-state index contributed by atoms with van der Waals surface area (Å²) in [6.07, 6.45) is 3.16. The molecule has 52 valence electrons. The lowest BCUT2D eigenvalue weighted by Crippen LogP contribution is -1.74. The molecule has 11 heavy (non-hydrogen) atoms. The summed E-state index contributed by atoms with van der Waals surface area (Å²) in [6.45, 7) is 0. The van der Waals surface area contributed by atoms with E-state index in [1.165, 1.54) is 0 Å². The van der Waals surface area contributed by atoms with Crippen molar-refractivity contribution in [3.63, 3.8) is 0 Å². The van der Waals surface area contributed by atoms with Gasteiger partial charge in [0.05, 0.1) is 6.20 Å². The summed E-state index contributed by atoms with van der Waals surface area (Å²) < 4.78 is 5.07. The molecule has 2 aromatic rings. The molecule has 1 aromatic carbocycles. The van der Waals surface area contributed by atoms with Gasteiger partial charge in [-0.05, 0) is 30.3 Å². The highest BCUT2D eigenvalue weighted by Crippen LogP contribution is 2.14. The van der Waals surface area contributed by atoms with Gasteiger partial charge in [-0.15, -0.1) is 0 Å². The van der Waals surface area contributed by atoms with Crippen LogP contribution in [0.3, 0.4) is 0 Å². The fourth-order valence-corrected chi connectivity index (χ4v) is 0.842. The van der Waals surface area contributed by atoms with Crippen molar-refractivity contribution >= 4 is 0 Å². The Morgan fingerprint density at radius 3 is 2.73 bits per heavy atom. The maximum atomic E-state index is 5.07. The Labute approximate surface area is 64.5 Å². The molecule has 0 unspecified atom stereocenters. The molecule has 2 nitrogen and oxygen atoms in total. The number of rotatable bonds is 1. The van der Waals surface area contributed by atoms with E-state index in [0.29, 0.717) is 5.89 Å². The lowest BCUT2D eigenvalue weighted by Gasteiger charge is -1.90.